The van der Waals surface area contributed by atoms with Crippen molar-refractivity contribution in [2.24, 2.45) is 0 Å². The Hall–Kier alpha value is -2.62. The molecule has 3 aliphatic rings. The van der Waals surface area contributed by atoms with Crippen molar-refractivity contribution in [3.8, 4) is 0 Å². The Balaban J connectivity index is 1.41. The third-order valence-corrected chi connectivity index (χ3v) is 8.47. The van der Waals surface area contributed by atoms with Crippen molar-refractivity contribution in [3.05, 3.63) is 53.1 Å². The van der Waals surface area contributed by atoms with Gasteiger partial charge in [0.2, 0.25) is 0 Å². The number of amides is 1. The zero-order valence-corrected chi connectivity index (χ0v) is 20.8. The molecule has 2 heterocycles. The molecule has 1 aliphatic carbocycles. The van der Waals surface area contributed by atoms with Crippen molar-refractivity contribution in [2.45, 2.75) is 49.5 Å². The fourth-order valence-corrected chi connectivity index (χ4v) is 6.25. The van der Waals surface area contributed by atoms with Crippen LogP contribution >= 0.6 is 0 Å². The van der Waals surface area contributed by atoms with Crippen LogP contribution in [0, 0.1) is 0 Å². The minimum Gasteiger partial charge on any atom is -0.376 e. The number of nitrogens with zero attached hydrogens (tertiary/aromatic N) is 1. The molecule has 2 aromatic carbocycles. The van der Waals surface area contributed by atoms with E-state index in [1.54, 1.807) is 24.3 Å². The molecular weight excluding hydrogens is 464 g/mol. The van der Waals surface area contributed by atoms with Gasteiger partial charge in [-0.3, -0.25) is 9.52 Å². The van der Waals surface area contributed by atoms with Gasteiger partial charge in [-0.25, -0.2) is 8.42 Å². The van der Waals surface area contributed by atoms with Crippen LogP contribution in [-0.4, -0.2) is 59.8 Å². The third kappa shape index (κ3) is 5.63. The van der Waals surface area contributed by atoms with Crippen molar-refractivity contribution >= 4 is 27.3 Å². The predicted molar refractivity (Wildman–Crippen MR) is 137 cm³/mol. The summed E-state index contributed by atoms with van der Waals surface area (Å²) in [6, 6.07) is 10.7. The quantitative estimate of drug-likeness (QED) is 0.543. The summed E-state index contributed by atoms with van der Waals surface area (Å²) in [5.74, 6) is -0.235. The van der Waals surface area contributed by atoms with Crippen LogP contribution in [0.3, 0.4) is 0 Å². The summed E-state index contributed by atoms with van der Waals surface area (Å²) in [5, 5.41) is 6.25. The van der Waals surface area contributed by atoms with Gasteiger partial charge in [0, 0.05) is 44.9 Å². The average molecular weight is 499 g/mol. The van der Waals surface area contributed by atoms with Crippen LogP contribution in [-0.2, 0) is 27.6 Å². The number of carbonyl (C=O) groups is 1. The molecule has 5 rings (SSSR count). The topological polar surface area (TPSA) is 99.8 Å². The Morgan fingerprint density at radius 2 is 1.83 bits per heavy atom. The normalized spacial score (nSPS) is 20.3. The second-order valence-corrected chi connectivity index (χ2v) is 11.2. The summed E-state index contributed by atoms with van der Waals surface area (Å²) in [6.07, 6.45) is 6.13. The SMILES string of the molecule is O=C(NC[C@@H]1CCCO1)c1ccc(N2CCNCC2)c(NS(=O)(=O)c2ccc3c(c2)CCCC3)c1. The summed E-state index contributed by atoms with van der Waals surface area (Å²) in [5.41, 5.74) is 3.98. The van der Waals surface area contributed by atoms with Gasteiger partial charge < -0.3 is 20.3 Å². The van der Waals surface area contributed by atoms with E-state index in [0.717, 1.165) is 82.6 Å². The molecule has 2 aromatic rings. The Kier molecular flexibility index (Phi) is 7.27. The summed E-state index contributed by atoms with van der Waals surface area (Å²) in [4.78, 5) is 15.3. The van der Waals surface area contributed by atoms with Gasteiger partial charge in [0.15, 0.2) is 0 Å². The molecule has 0 saturated carbocycles. The van der Waals surface area contributed by atoms with Crippen molar-refractivity contribution < 1.29 is 17.9 Å². The molecule has 1 atom stereocenters. The number of carbonyl (C=O) groups excluding carboxylic acids is 1. The number of fused-ring (bicyclic) bond motifs is 1. The smallest absolute Gasteiger partial charge is 0.261 e. The van der Waals surface area contributed by atoms with Crippen molar-refractivity contribution in [3.63, 3.8) is 0 Å². The average Bonchev–Trinajstić information content (AvgIpc) is 3.41. The zero-order valence-electron chi connectivity index (χ0n) is 20.0. The fraction of sp³-hybridized carbons (Fsp3) is 0.500. The molecular formula is C26H34N4O4S. The molecule has 0 bridgehead atoms. The van der Waals surface area contributed by atoms with Crippen LogP contribution in [0.15, 0.2) is 41.3 Å². The molecule has 0 spiro atoms. The highest BCUT2D eigenvalue weighted by Gasteiger charge is 2.23. The number of aryl methyl sites for hydroxylation is 2. The van der Waals surface area contributed by atoms with Crippen LogP contribution < -0.4 is 20.3 Å². The molecule has 2 saturated heterocycles. The van der Waals surface area contributed by atoms with E-state index in [2.05, 4.69) is 20.3 Å². The molecule has 3 N–H and O–H groups in total. The van der Waals surface area contributed by atoms with E-state index in [-0.39, 0.29) is 16.9 Å². The number of sulfonamides is 1. The number of hydrogen-bond donors (Lipinski definition) is 3. The van der Waals surface area contributed by atoms with E-state index < -0.39 is 10.0 Å². The second-order valence-electron chi connectivity index (χ2n) is 9.56. The summed E-state index contributed by atoms with van der Waals surface area (Å²) < 4.78 is 35.3. The molecule has 188 valence electrons. The van der Waals surface area contributed by atoms with Gasteiger partial charge in [-0.1, -0.05) is 6.07 Å². The highest BCUT2D eigenvalue weighted by Crippen LogP contribution is 2.31. The van der Waals surface area contributed by atoms with Crippen LogP contribution in [0.25, 0.3) is 0 Å². The van der Waals surface area contributed by atoms with Crippen molar-refractivity contribution in [1.29, 1.82) is 0 Å². The summed E-state index contributed by atoms with van der Waals surface area (Å²) in [6.45, 7) is 4.35. The van der Waals surface area contributed by atoms with Gasteiger partial charge >= 0.3 is 0 Å². The molecule has 8 nitrogen and oxygen atoms in total. The highest BCUT2D eigenvalue weighted by molar-refractivity contribution is 7.92. The summed E-state index contributed by atoms with van der Waals surface area (Å²) >= 11 is 0. The number of nitrogens with one attached hydrogen (secondary N) is 3. The van der Waals surface area contributed by atoms with Crippen molar-refractivity contribution in [2.75, 3.05) is 49.0 Å². The molecule has 0 radical (unpaired) electrons. The van der Waals surface area contributed by atoms with Gasteiger partial charge in [0.25, 0.3) is 15.9 Å². The maximum Gasteiger partial charge on any atom is 0.261 e. The Morgan fingerprint density at radius 1 is 1.03 bits per heavy atom. The second kappa shape index (κ2) is 10.6. The first-order valence-electron chi connectivity index (χ1n) is 12.6. The Labute approximate surface area is 207 Å². The Morgan fingerprint density at radius 3 is 2.60 bits per heavy atom. The van der Waals surface area contributed by atoms with E-state index in [1.165, 1.54) is 5.56 Å². The highest BCUT2D eigenvalue weighted by atomic mass is 32.2. The number of hydrogen-bond acceptors (Lipinski definition) is 6. The zero-order chi connectivity index (χ0) is 24.3. The van der Waals surface area contributed by atoms with Crippen molar-refractivity contribution in [1.82, 2.24) is 10.6 Å². The fourth-order valence-electron chi connectivity index (χ4n) is 5.14. The molecule has 2 fully saturated rings. The number of anilines is 2. The van der Waals surface area contributed by atoms with Crippen LogP contribution in [0.2, 0.25) is 0 Å². The van der Waals surface area contributed by atoms with E-state index in [4.69, 9.17) is 4.74 Å². The van der Waals surface area contributed by atoms with Gasteiger partial charge in [0.05, 0.1) is 22.4 Å². The minimum atomic E-state index is -3.82. The first-order valence-corrected chi connectivity index (χ1v) is 14.1. The van der Waals surface area contributed by atoms with Gasteiger partial charge in [-0.2, -0.15) is 0 Å². The van der Waals surface area contributed by atoms with Crippen LogP contribution in [0.1, 0.15) is 47.2 Å². The van der Waals surface area contributed by atoms with Gasteiger partial charge in [-0.05, 0) is 80.0 Å². The maximum atomic E-state index is 13.4. The van der Waals surface area contributed by atoms with Crippen LogP contribution in [0.4, 0.5) is 11.4 Å². The van der Waals surface area contributed by atoms with E-state index in [0.29, 0.717) is 17.8 Å². The number of benzene rings is 2. The monoisotopic (exact) mass is 498 g/mol. The lowest BCUT2D eigenvalue weighted by atomic mass is 9.92. The molecule has 1 amide bonds. The lowest BCUT2D eigenvalue weighted by Gasteiger charge is -2.31. The first kappa shape index (κ1) is 24.1. The molecule has 9 heteroatoms. The third-order valence-electron chi connectivity index (χ3n) is 7.11. The molecule has 0 unspecified atom stereocenters. The number of piperazine rings is 1. The predicted octanol–water partition coefficient (Wildman–Crippen LogP) is 2.68. The largest absolute Gasteiger partial charge is 0.376 e. The number of ether oxygens (including phenoxy) is 1. The maximum absolute atomic E-state index is 13.4. The van der Waals surface area contributed by atoms with E-state index >= 15 is 0 Å². The van der Waals surface area contributed by atoms with E-state index in [9.17, 15) is 13.2 Å². The van der Waals surface area contributed by atoms with Crippen LogP contribution in [0.5, 0.6) is 0 Å². The first-order chi connectivity index (χ1) is 17.0. The standard InChI is InChI=1S/C26H34N4O4S/c31-26(28-18-22-6-3-15-34-22)21-8-10-25(30-13-11-27-12-14-30)24(17-21)29-35(32,33)23-9-7-19-4-1-2-5-20(19)16-23/h7-10,16-17,22,27,29H,1-6,11-15,18H2,(H,28,31)/t22-/m0/s1. The van der Waals surface area contributed by atoms with Gasteiger partial charge in [-0.15, -0.1) is 0 Å². The lowest BCUT2D eigenvalue weighted by Crippen LogP contribution is -2.43. The van der Waals surface area contributed by atoms with E-state index in [1.807, 2.05) is 12.1 Å². The molecule has 0 aromatic heterocycles. The summed E-state index contributed by atoms with van der Waals surface area (Å²) in [7, 11) is -3.82. The van der Waals surface area contributed by atoms with Gasteiger partial charge in [0.1, 0.15) is 0 Å². The number of rotatable bonds is 7. The minimum absolute atomic E-state index is 0.0426. The molecule has 2 aliphatic heterocycles. The molecule has 35 heavy (non-hydrogen) atoms. The Bertz CT molecular complexity index is 1170. The lowest BCUT2D eigenvalue weighted by molar-refractivity contribution is 0.0858.